The third kappa shape index (κ3) is 5.88. The van der Waals surface area contributed by atoms with Gasteiger partial charge in [-0.25, -0.2) is 0 Å². The minimum absolute atomic E-state index is 0.147. The number of para-hydroxylation sites is 7. The van der Waals surface area contributed by atoms with Gasteiger partial charge in [-0.3, -0.25) is 0 Å². The van der Waals surface area contributed by atoms with Crippen molar-refractivity contribution in [2.45, 2.75) is 0 Å². The average molecular weight is 1020 g/mol. The van der Waals surface area contributed by atoms with E-state index in [0.717, 1.165) is 62.5 Å². The standard InChI is InChI=1S/C72H45B2N5O/c1-6-22-46(23-7-1)75-57-34-18-16-32-51(57)67-59(75)42-40-53-71(67)78(49-28-12-4-13-29-49)62-37-20-36-61-69(62)73(53)55-44-56-66(45-64(55)77(61)48-26-10-3-11-27-48)80-65-39-21-38-63-70(65)74(56)54-41-43-60-68(72(54)79(63)50-30-14-5-15-31-50)52-33-17-19-35-58(52)76(60)47-24-8-2-9-25-47/h1-45H. The quantitative estimate of drug-likeness (QED) is 0.161. The van der Waals surface area contributed by atoms with Crippen LogP contribution in [0.5, 0.6) is 11.5 Å². The van der Waals surface area contributed by atoms with E-state index in [1.165, 1.54) is 88.0 Å². The van der Waals surface area contributed by atoms with Crippen LogP contribution in [0, 0.1) is 0 Å². The molecule has 6 nitrogen and oxygen atoms in total. The van der Waals surface area contributed by atoms with Crippen LogP contribution >= 0.6 is 0 Å². The maximum Gasteiger partial charge on any atom is 0.256 e. The molecule has 4 aliphatic heterocycles. The van der Waals surface area contributed by atoms with Crippen LogP contribution in [-0.2, 0) is 0 Å². The van der Waals surface area contributed by atoms with Gasteiger partial charge in [0.1, 0.15) is 11.5 Å². The zero-order chi connectivity index (χ0) is 52.2. The summed E-state index contributed by atoms with van der Waals surface area (Å²) in [4.78, 5) is 7.55. The molecule has 0 spiro atoms. The van der Waals surface area contributed by atoms with Crippen molar-refractivity contribution in [2.75, 3.05) is 14.7 Å². The van der Waals surface area contributed by atoms with Gasteiger partial charge in [0, 0.05) is 78.8 Å². The van der Waals surface area contributed by atoms with Gasteiger partial charge in [0.25, 0.3) is 13.4 Å². The van der Waals surface area contributed by atoms with Crippen LogP contribution in [0.3, 0.4) is 0 Å². The summed E-state index contributed by atoms with van der Waals surface area (Å²) in [6, 6.07) is 100. The first-order valence-corrected chi connectivity index (χ1v) is 27.7. The first-order chi connectivity index (χ1) is 39.8. The topological polar surface area (TPSA) is 28.8 Å². The normalized spacial score (nSPS) is 13.5. The summed E-state index contributed by atoms with van der Waals surface area (Å²) < 4.78 is 12.3. The molecule has 12 aromatic carbocycles. The van der Waals surface area contributed by atoms with Crippen LogP contribution in [0.2, 0.25) is 0 Å². The summed E-state index contributed by atoms with van der Waals surface area (Å²) in [6.45, 7) is -0.308. The van der Waals surface area contributed by atoms with Gasteiger partial charge in [-0.15, -0.1) is 0 Å². The summed E-state index contributed by atoms with van der Waals surface area (Å²) >= 11 is 0. The molecule has 14 aromatic rings. The molecule has 2 aromatic heterocycles. The number of nitrogens with zero attached hydrogens (tertiary/aromatic N) is 5. The van der Waals surface area contributed by atoms with Crippen molar-refractivity contribution in [3.63, 3.8) is 0 Å². The first-order valence-electron chi connectivity index (χ1n) is 27.7. The van der Waals surface area contributed by atoms with Gasteiger partial charge >= 0.3 is 0 Å². The van der Waals surface area contributed by atoms with E-state index in [1.54, 1.807) is 0 Å². The monoisotopic (exact) mass is 1020 g/mol. The zero-order valence-electron chi connectivity index (χ0n) is 43.3. The predicted octanol–water partition coefficient (Wildman–Crippen LogP) is 14.4. The molecule has 0 amide bonds. The number of fused-ring (bicyclic) bond motifs is 16. The number of rotatable bonds is 5. The highest BCUT2D eigenvalue weighted by molar-refractivity contribution is 7.03. The Hall–Kier alpha value is -10.4. The molecular formula is C72H45B2N5O. The molecule has 0 unspecified atom stereocenters. The maximum atomic E-state index is 7.41. The third-order valence-corrected chi connectivity index (χ3v) is 17.5. The molecule has 370 valence electrons. The van der Waals surface area contributed by atoms with Gasteiger partial charge < -0.3 is 28.6 Å². The predicted molar refractivity (Wildman–Crippen MR) is 335 cm³/mol. The Labute approximate surface area is 463 Å². The number of aromatic nitrogens is 2. The van der Waals surface area contributed by atoms with Crippen molar-refractivity contribution < 1.29 is 4.74 Å². The van der Waals surface area contributed by atoms with Gasteiger partial charge in [-0.1, -0.05) is 158 Å². The molecule has 0 fully saturated rings. The Morgan fingerprint density at radius 3 is 1.19 bits per heavy atom. The molecule has 0 saturated carbocycles. The fourth-order valence-electron chi connectivity index (χ4n) is 14.4. The highest BCUT2D eigenvalue weighted by Gasteiger charge is 2.48. The Morgan fingerprint density at radius 1 is 0.263 bits per heavy atom. The number of benzene rings is 12. The largest absolute Gasteiger partial charge is 0.458 e. The molecule has 0 radical (unpaired) electrons. The molecule has 0 saturated heterocycles. The SMILES string of the molecule is c1ccc(N2c3cc4c(cc3B3c5ccc6c(c5N(c5ccccc5)c5cccc2c53)c2ccccc2n6-c2ccccc2)B2c3ccc5c(c3N(c3ccccc3)c3cccc(c32)O4)c2ccccc2n5-c2ccccc2)cc1. The number of hydrogen-bond donors (Lipinski definition) is 0. The van der Waals surface area contributed by atoms with Gasteiger partial charge in [0.15, 0.2) is 0 Å². The van der Waals surface area contributed by atoms with Crippen LogP contribution in [0.15, 0.2) is 273 Å². The smallest absolute Gasteiger partial charge is 0.256 e. The molecule has 0 N–H and O–H groups in total. The van der Waals surface area contributed by atoms with Crippen molar-refractivity contribution in [1.29, 1.82) is 0 Å². The summed E-state index contributed by atoms with van der Waals surface area (Å²) in [5, 5.41) is 4.89. The lowest BCUT2D eigenvalue weighted by atomic mass is 9.30. The van der Waals surface area contributed by atoms with Crippen LogP contribution in [0.25, 0.3) is 55.0 Å². The number of anilines is 9. The summed E-state index contributed by atoms with van der Waals surface area (Å²) in [7, 11) is 0. The van der Waals surface area contributed by atoms with E-state index in [9.17, 15) is 0 Å². The third-order valence-electron chi connectivity index (χ3n) is 17.5. The van der Waals surface area contributed by atoms with Crippen molar-refractivity contribution in [1.82, 2.24) is 9.13 Å². The van der Waals surface area contributed by atoms with E-state index in [4.69, 9.17) is 4.74 Å². The van der Waals surface area contributed by atoms with Gasteiger partial charge in [0.05, 0.1) is 33.4 Å². The van der Waals surface area contributed by atoms with E-state index in [2.05, 4.69) is 297 Å². The molecule has 18 rings (SSSR count). The van der Waals surface area contributed by atoms with Crippen LogP contribution < -0.4 is 52.2 Å². The Morgan fingerprint density at radius 2 is 0.675 bits per heavy atom. The summed E-state index contributed by atoms with van der Waals surface area (Å²) in [6.07, 6.45) is 0. The van der Waals surface area contributed by atoms with E-state index >= 15 is 0 Å². The van der Waals surface area contributed by atoms with Crippen molar-refractivity contribution in [2.24, 2.45) is 0 Å². The summed E-state index contributed by atoms with van der Waals surface area (Å²) in [5.74, 6) is 1.75. The first kappa shape index (κ1) is 43.6. The van der Waals surface area contributed by atoms with Crippen molar-refractivity contribution in [3.8, 4) is 22.9 Å². The van der Waals surface area contributed by atoms with E-state index < -0.39 is 0 Å². The lowest BCUT2D eigenvalue weighted by Crippen LogP contribution is -2.64. The van der Waals surface area contributed by atoms with Crippen LogP contribution in [-0.4, -0.2) is 22.6 Å². The Bertz CT molecular complexity index is 4890. The lowest BCUT2D eigenvalue weighted by Gasteiger charge is -2.45. The van der Waals surface area contributed by atoms with Crippen molar-refractivity contribution in [3.05, 3.63) is 273 Å². The van der Waals surface area contributed by atoms with E-state index in [0.29, 0.717) is 0 Å². The maximum absolute atomic E-state index is 7.41. The van der Waals surface area contributed by atoms with Gasteiger partial charge in [-0.05, 0) is 142 Å². The minimum Gasteiger partial charge on any atom is -0.458 e. The number of ether oxygens (including phenoxy) is 1. The molecule has 8 heteroatoms. The van der Waals surface area contributed by atoms with E-state index in [-0.39, 0.29) is 13.4 Å². The molecule has 4 aliphatic rings. The van der Waals surface area contributed by atoms with E-state index in [1.807, 2.05) is 0 Å². The molecule has 6 heterocycles. The average Bonchev–Trinajstić information content (AvgIpc) is 3.32. The Balaban J connectivity index is 0.953. The molecular weight excluding hydrogens is 972 g/mol. The second kappa shape index (κ2) is 16.5. The van der Waals surface area contributed by atoms with Gasteiger partial charge in [0.2, 0.25) is 0 Å². The van der Waals surface area contributed by atoms with Crippen molar-refractivity contribution >= 4 is 141 Å². The molecule has 0 aliphatic carbocycles. The minimum atomic E-state index is -0.162. The van der Waals surface area contributed by atoms with Gasteiger partial charge in [-0.2, -0.15) is 0 Å². The highest BCUT2D eigenvalue weighted by Crippen LogP contribution is 2.51. The second-order valence-corrected chi connectivity index (χ2v) is 21.5. The van der Waals surface area contributed by atoms with Crippen LogP contribution in [0.1, 0.15) is 0 Å². The lowest BCUT2D eigenvalue weighted by molar-refractivity contribution is 0.488. The zero-order valence-corrected chi connectivity index (χ0v) is 43.3. The summed E-state index contributed by atoms with van der Waals surface area (Å²) in [5.41, 5.74) is 24.6. The Kier molecular flexibility index (Phi) is 9.03. The van der Waals surface area contributed by atoms with Crippen LogP contribution in [0.4, 0.5) is 51.2 Å². The number of hydrogen-bond acceptors (Lipinski definition) is 4. The second-order valence-electron chi connectivity index (χ2n) is 21.5. The fourth-order valence-corrected chi connectivity index (χ4v) is 14.4. The molecule has 0 atom stereocenters. The molecule has 80 heavy (non-hydrogen) atoms. The molecule has 0 bridgehead atoms. The fraction of sp³-hybridized carbons (Fsp3) is 0. The highest BCUT2D eigenvalue weighted by atomic mass is 16.5.